The van der Waals surface area contributed by atoms with Crippen LogP contribution in [0, 0.1) is 25.5 Å². The molecule has 0 saturated carbocycles. The summed E-state index contributed by atoms with van der Waals surface area (Å²) in [7, 11) is 0. The molecule has 3 rings (SSSR count). The largest absolute Gasteiger partial charge is 0.483 e. The molecule has 3 N–H and O–H groups in total. The van der Waals surface area contributed by atoms with Crippen molar-refractivity contribution < 1.29 is 23.5 Å². The summed E-state index contributed by atoms with van der Waals surface area (Å²) < 4.78 is 28.4. The number of carbonyl (C=O) groups excluding carboxylic acids is 1. The molecule has 0 bridgehead atoms. The number of pyridine rings is 1. The van der Waals surface area contributed by atoms with Crippen LogP contribution in [0.1, 0.15) is 11.1 Å². The summed E-state index contributed by atoms with van der Waals surface area (Å²) in [6.45, 7) is 6.19. The third-order valence-corrected chi connectivity index (χ3v) is 4.66. The fourth-order valence-corrected chi connectivity index (χ4v) is 3.30. The average molecular weight is 473 g/mol. The number of hydrogen-bond donors (Lipinski definition) is 2. The van der Waals surface area contributed by atoms with Gasteiger partial charge in [-0.25, -0.2) is 13.8 Å². The van der Waals surface area contributed by atoms with E-state index in [1.807, 2.05) is 17.9 Å². The number of hydrogen-bond acceptors (Lipinski definition) is 5. The standard InChI is InChI=1S/C17H18BrF2N3.CH3NO.CH2O2/c1-11-7-13(18)10-21-17(11)23-5-3-22(4-6-23)14-8-15(19)12(2)16(20)9-14;2*2-1-3/h7-10H,3-6H2,1-2H3;1H,(H2,2,3);1H,(H,2,3). The Balaban J connectivity index is 0.000000626. The van der Waals surface area contributed by atoms with Crippen molar-refractivity contribution in [3.8, 4) is 0 Å². The summed E-state index contributed by atoms with van der Waals surface area (Å²) >= 11 is 3.42. The molecule has 0 radical (unpaired) electrons. The molecule has 2 heterocycles. The van der Waals surface area contributed by atoms with Gasteiger partial charge in [-0.2, -0.15) is 0 Å². The van der Waals surface area contributed by atoms with E-state index in [2.05, 4.69) is 31.5 Å². The fraction of sp³-hybridized carbons (Fsp3) is 0.316. The summed E-state index contributed by atoms with van der Waals surface area (Å²) in [6, 6.07) is 4.87. The van der Waals surface area contributed by atoms with Crippen LogP contribution in [0.3, 0.4) is 0 Å². The lowest BCUT2D eigenvalue weighted by Crippen LogP contribution is -2.47. The van der Waals surface area contributed by atoms with Crippen LogP contribution in [0.25, 0.3) is 0 Å². The Kier molecular flexibility index (Phi) is 10.0. The van der Waals surface area contributed by atoms with Crippen LogP contribution in [0.4, 0.5) is 20.3 Å². The maximum Gasteiger partial charge on any atom is 0.290 e. The maximum atomic E-state index is 13.7. The number of carboxylic acid groups (broad SMARTS) is 1. The Morgan fingerprint density at radius 2 is 1.52 bits per heavy atom. The third kappa shape index (κ3) is 6.97. The summed E-state index contributed by atoms with van der Waals surface area (Å²) in [4.78, 5) is 25.6. The molecule has 1 aromatic carbocycles. The van der Waals surface area contributed by atoms with Crippen molar-refractivity contribution >= 4 is 40.3 Å². The first-order chi connectivity index (χ1) is 13.8. The molecule has 1 aliphatic rings. The zero-order chi connectivity index (χ0) is 22.0. The first kappa shape index (κ1) is 24.3. The first-order valence-corrected chi connectivity index (χ1v) is 9.39. The van der Waals surface area contributed by atoms with E-state index in [1.54, 1.807) is 6.20 Å². The van der Waals surface area contributed by atoms with Gasteiger partial charge in [-0.15, -0.1) is 0 Å². The van der Waals surface area contributed by atoms with E-state index < -0.39 is 11.6 Å². The van der Waals surface area contributed by atoms with Gasteiger partial charge in [-0.05, 0) is 53.5 Å². The zero-order valence-corrected chi connectivity index (χ0v) is 17.7. The number of piperazine rings is 1. The molecule has 0 atom stereocenters. The number of nitrogens with two attached hydrogens (primary N) is 1. The fourth-order valence-electron chi connectivity index (χ4n) is 2.86. The van der Waals surface area contributed by atoms with Crippen LogP contribution in [0.5, 0.6) is 0 Å². The van der Waals surface area contributed by atoms with Gasteiger partial charge in [0.15, 0.2) is 0 Å². The van der Waals surface area contributed by atoms with Crippen molar-refractivity contribution in [2.75, 3.05) is 36.0 Å². The number of aryl methyl sites for hydroxylation is 1. The van der Waals surface area contributed by atoms with Gasteiger partial charge >= 0.3 is 0 Å². The summed E-state index contributed by atoms with van der Waals surface area (Å²) in [5.41, 5.74) is 5.95. The first-order valence-electron chi connectivity index (χ1n) is 8.59. The molecule has 1 aromatic heterocycles. The molecule has 1 fully saturated rings. The SMILES string of the molecule is Cc1cc(Br)cnc1N1CCN(c2cc(F)c(C)c(F)c2)CC1.NC=O.O=CO. The van der Waals surface area contributed by atoms with Gasteiger partial charge in [0.1, 0.15) is 17.5 Å². The van der Waals surface area contributed by atoms with Crippen LogP contribution in [0.15, 0.2) is 28.9 Å². The lowest BCUT2D eigenvalue weighted by atomic mass is 10.1. The number of primary amides is 1. The van der Waals surface area contributed by atoms with Crippen LogP contribution < -0.4 is 15.5 Å². The minimum absolute atomic E-state index is 0.0714. The normalized spacial score (nSPS) is 12.9. The maximum absolute atomic E-state index is 13.7. The minimum atomic E-state index is -0.493. The molecular weight excluding hydrogens is 450 g/mol. The Morgan fingerprint density at radius 1 is 1.07 bits per heavy atom. The Hall–Kier alpha value is -2.75. The Bertz CT molecular complexity index is 802. The second-order valence-corrected chi connectivity index (χ2v) is 6.96. The molecule has 29 heavy (non-hydrogen) atoms. The molecule has 7 nitrogen and oxygen atoms in total. The zero-order valence-electron chi connectivity index (χ0n) is 16.1. The Morgan fingerprint density at radius 3 is 1.97 bits per heavy atom. The lowest BCUT2D eigenvalue weighted by molar-refractivity contribution is -0.122. The molecular formula is C19H23BrF2N4O3. The predicted molar refractivity (Wildman–Crippen MR) is 111 cm³/mol. The smallest absolute Gasteiger partial charge is 0.290 e. The number of benzene rings is 1. The number of aromatic nitrogens is 1. The molecule has 2 aromatic rings. The highest BCUT2D eigenvalue weighted by atomic mass is 79.9. The minimum Gasteiger partial charge on any atom is -0.483 e. The van der Waals surface area contributed by atoms with Gasteiger partial charge in [-0.3, -0.25) is 9.59 Å². The molecule has 0 unspecified atom stereocenters. The van der Waals surface area contributed by atoms with E-state index in [-0.39, 0.29) is 18.4 Å². The van der Waals surface area contributed by atoms with E-state index in [9.17, 15) is 8.78 Å². The monoisotopic (exact) mass is 472 g/mol. The van der Waals surface area contributed by atoms with Crippen molar-refractivity contribution in [1.82, 2.24) is 4.98 Å². The number of anilines is 2. The van der Waals surface area contributed by atoms with E-state index in [0.29, 0.717) is 18.8 Å². The number of nitrogens with zero attached hydrogens (tertiary/aromatic N) is 3. The second kappa shape index (κ2) is 11.9. The highest BCUT2D eigenvalue weighted by Crippen LogP contribution is 2.25. The Labute approximate surface area is 176 Å². The van der Waals surface area contributed by atoms with Crippen molar-refractivity contribution in [3.63, 3.8) is 0 Å². The molecule has 158 valence electrons. The number of rotatable bonds is 2. The van der Waals surface area contributed by atoms with Crippen molar-refractivity contribution in [1.29, 1.82) is 0 Å². The van der Waals surface area contributed by atoms with Crippen LogP contribution >= 0.6 is 15.9 Å². The van der Waals surface area contributed by atoms with Crippen molar-refractivity contribution in [3.05, 3.63) is 51.6 Å². The van der Waals surface area contributed by atoms with Gasteiger partial charge in [0, 0.05) is 48.1 Å². The van der Waals surface area contributed by atoms with Gasteiger partial charge < -0.3 is 20.6 Å². The van der Waals surface area contributed by atoms with Gasteiger partial charge in [0.25, 0.3) is 6.47 Å². The molecule has 10 heteroatoms. The number of halogens is 3. The number of carbonyl (C=O) groups is 2. The van der Waals surface area contributed by atoms with E-state index >= 15 is 0 Å². The molecule has 0 aliphatic carbocycles. The van der Waals surface area contributed by atoms with E-state index in [1.165, 1.54) is 19.1 Å². The van der Waals surface area contributed by atoms with Crippen LogP contribution in [-0.4, -0.2) is 49.2 Å². The predicted octanol–water partition coefficient (Wildman–Crippen LogP) is 2.87. The summed E-state index contributed by atoms with van der Waals surface area (Å²) in [5.74, 6) is -0.0187. The summed E-state index contributed by atoms with van der Waals surface area (Å²) in [6.07, 6.45) is 2.04. The highest BCUT2D eigenvalue weighted by molar-refractivity contribution is 9.10. The molecule has 1 amide bonds. The molecule has 0 spiro atoms. The van der Waals surface area contributed by atoms with Crippen molar-refractivity contribution in [2.45, 2.75) is 13.8 Å². The van der Waals surface area contributed by atoms with Gasteiger partial charge in [0.05, 0.1) is 0 Å². The topological polar surface area (TPSA) is 99.8 Å². The molecule has 1 saturated heterocycles. The molecule has 1 aliphatic heterocycles. The van der Waals surface area contributed by atoms with Crippen LogP contribution in [0.2, 0.25) is 0 Å². The van der Waals surface area contributed by atoms with E-state index in [0.717, 1.165) is 28.9 Å². The highest BCUT2D eigenvalue weighted by Gasteiger charge is 2.21. The lowest BCUT2D eigenvalue weighted by Gasteiger charge is -2.37. The van der Waals surface area contributed by atoms with Gasteiger partial charge in [0.2, 0.25) is 6.41 Å². The van der Waals surface area contributed by atoms with E-state index in [4.69, 9.17) is 14.7 Å². The second-order valence-electron chi connectivity index (χ2n) is 6.04. The third-order valence-electron chi connectivity index (χ3n) is 4.23. The van der Waals surface area contributed by atoms with Gasteiger partial charge in [-0.1, -0.05) is 0 Å². The van der Waals surface area contributed by atoms with Crippen molar-refractivity contribution in [2.24, 2.45) is 5.73 Å². The number of amides is 1. The quantitative estimate of drug-likeness (QED) is 0.651. The average Bonchev–Trinajstić information content (AvgIpc) is 2.67. The summed E-state index contributed by atoms with van der Waals surface area (Å²) in [5, 5.41) is 6.89. The van der Waals surface area contributed by atoms with Crippen LogP contribution in [-0.2, 0) is 9.59 Å².